The molecule has 2 amide bonds. The number of halogens is 1. The Bertz CT molecular complexity index is 1090. The number of aryl methyl sites for hydroxylation is 2. The number of aromatic nitrogens is 2. The molecule has 0 saturated heterocycles. The van der Waals surface area contributed by atoms with Gasteiger partial charge in [-0.3, -0.25) is 9.59 Å². The van der Waals surface area contributed by atoms with Crippen molar-refractivity contribution in [1.29, 1.82) is 0 Å². The molecule has 0 unspecified atom stereocenters. The Hall–Kier alpha value is -3.39. The number of ether oxygens (including phenoxy) is 1. The smallest absolute Gasteiger partial charge is 0.265 e. The third kappa shape index (κ3) is 3.79. The van der Waals surface area contributed by atoms with Crippen molar-refractivity contribution in [2.45, 2.75) is 20.4 Å². The van der Waals surface area contributed by atoms with Gasteiger partial charge in [-0.05, 0) is 44.2 Å². The van der Waals surface area contributed by atoms with Gasteiger partial charge in [0, 0.05) is 23.0 Å². The van der Waals surface area contributed by atoms with Crippen molar-refractivity contribution in [3.8, 4) is 5.75 Å². The van der Waals surface area contributed by atoms with Crippen molar-refractivity contribution in [2.75, 3.05) is 16.8 Å². The zero-order valence-corrected chi connectivity index (χ0v) is 16.5. The molecule has 0 fully saturated rings. The molecule has 29 heavy (non-hydrogen) atoms. The molecule has 0 bridgehead atoms. The molecule has 1 aliphatic heterocycles. The van der Waals surface area contributed by atoms with Crippen LogP contribution in [0.2, 0.25) is 5.15 Å². The minimum absolute atomic E-state index is 0.0579. The van der Waals surface area contributed by atoms with E-state index >= 15 is 0 Å². The molecule has 0 spiro atoms. The van der Waals surface area contributed by atoms with Gasteiger partial charge < -0.3 is 19.5 Å². The van der Waals surface area contributed by atoms with Crippen molar-refractivity contribution >= 4 is 34.8 Å². The first-order valence-corrected chi connectivity index (χ1v) is 9.22. The zero-order valence-electron chi connectivity index (χ0n) is 15.7. The highest BCUT2D eigenvalue weighted by Gasteiger charge is 2.28. The maximum atomic E-state index is 12.5. The van der Waals surface area contributed by atoms with Crippen LogP contribution >= 0.6 is 11.6 Å². The van der Waals surface area contributed by atoms with E-state index in [1.54, 1.807) is 36.1 Å². The molecule has 0 atom stereocenters. The summed E-state index contributed by atoms with van der Waals surface area (Å²) >= 11 is 5.85. The number of rotatable bonds is 4. The molecule has 3 aromatic rings. The Labute approximate surface area is 171 Å². The number of nitrogens with one attached hydrogen (secondary N) is 1. The molecule has 4 rings (SSSR count). The zero-order chi connectivity index (χ0) is 20.5. The molecule has 148 valence electrons. The van der Waals surface area contributed by atoms with Gasteiger partial charge in [-0.15, -0.1) is 0 Å². The van der Waals surface area contributed by atoms with Crippen LogP contribution in [0.3, 0.4) is 0 Å². The normalized spacial score (nSPS) is 13.1. The van der Waals surface area contributed by atoms with E-state index in [2.05, 4.69) is 15.5 Å². The number of nitrogens with zero attached hydrogens (tertiary/aromatic N) is 3. The maximum absolute atomic E-state index is 12.5. The summed E-state index contributed by atoms with van der Waals surface area (Å²) in [4.78, 5) is 30.5. The van der Waals surface area contributed by atoms with E-state index in [1.807, 2.05) is 6.92 Å². The van der Waals surface area contributed by atoms with Crippen molar-refractivity contribution in [2.24, 2.45) is 0 Å². The topological polar surface area (TPSA) is 97.6 Å². The van der Waals surface area contributed by atoms with E-state index in [4.69, 9.17) is 20.9 Å². The van der Waals surface area contributed by atoms with Gasteiger partial charge in [0.05, 0.1) is 17.9 Å². The number of carbonyl (C=O) groups is 2. The fourth-order valence-corrected chi connectivity index (χ4v) is 3.26. The molecule has 2 aromatic heterocycles. The fourth-order valence-electron chi connectivity index (χ4n) is 3.09. The van der Waals surface area contributed by atoms with Crippen LogP contribution in [0.5, 0.6) is 5.75 Å². The number of fused-ring (bicyclic) bond motifs is 1. The Balaban J connectivity index is 1.63. The lowest BCUT2D eigenvalue weighted by Gasteiger charge is -2.29. The molecule has 3 heterocycles. The van der Waals surface area contributed by atoms with Crippen molar-refractivity contribution in [3.63, 3.8) is 0 Å². The highest BCUT2D eigenvalue weighted by atomic mass is 35.5. The van der Waals surface area contributed by atoms with Crippen LogP contribution in [-0.4, -0.2) is 28.6 Å². The number of hydrogen-bond donors (Lipinski definition) is 1. The summed E-state index contributed by atoms with van der Waals surface area (Å²) in [7, 11) is 0. The molecule has 0 saturated carbocycles. The van der Waals surface area contributed by atoms with E-state index in [1.165, 1.54) is 12.3 Å². The number of pyridine rings is 1. The molecular weight excluding hydrogens is 396 g/mol. The monoisotopic (exact) mass is 412 g/mol. The average molecular weight is 413 g/mol. The SMILES string of the molecule is Cc1noc(C)c1CN1C(=O)COc2ccc(NC(=O)c3ccnc(Cl)c3)cc21. The molecule has 1 N–H and O–H groups in total. The number of carbonyl (C=O) groups excluding carboxylic acids is 2. The van der Waals surface area contributed by atoms with Crippen LogP contribution in [0.15, 0.2) is 41.1 Å². The first-order chi connectivity index (χ1) is 13.9. The molecule has 0 radical (unpaired) electrons. The fraction of sp³-hybridized carbons (Fsp3) is 0.200. The predicted molar refractivity (Wildman–Crippen MR) is 106 cm³/mol. The summed E-state index contributed by atoms with van der Waals surface area (Å²) in [5.41, 5.74) is 3.02. The Morgan fingerprint density at radius 2 is 2.10 bits per heavy atom. The third-order valence-corrected chi connectivity index (χ3v) is 4.85. The number of benzene rings is 1. The van der Waals surface area contributed by atoms with Gasteiger partial charge in [-0.1, -0.05) is 16.8 Å². The third-order valence-electron chi connectivity index (χ3n) is 4.65. The van der Waals surface area contributed by atoms with Crippen LogP contribution in [0.4, 0.5) is 11.4 Å². The molecule has 9 heteroatoms. The number of hydrogen-bond acceptors (Lipinski definition) is 6. The van der Waals surface area contributed by atoms with Crippen molar-refractivity contribution < 1.29 is 18.8 Å². The quantitative estimate of drug-likeness (QED) is 0.658. The Kier molecular flexibility index (Phi) is 4.94. The maximum Gasteiger partial charge on any atom is 0.265 e. The van der Waals surface area contributed by atoms with E-state index < -0.39 is 0 Å². The van der Waals surface area contributed by atoms with Gasteiger partial charge in [0.2, 0.25) is 0 Å². The van der Waals surface area contributed by atoms with Gasteiger partial charge in [0.1, 0.15) is 16.7 Å². The molecular formula is C20H17ClN4O4. The van der Waals surface area contributed by atoms with Gasteiger partial charge in [0.15, 0.2) is 6.61 Å². The first kappa shape index (κ1) is 18.9. The van der Waals surface area contributed by atoms with Gasteiger partial charge in [-0.25, -0.2) is 4.98 Å². The summed E-state index contributed by atoms with van der Waals surface area (Å²) < 4.78 is 10.7. The minimum Gasteiger partial charge on any atom is -0.482 e. The Morgan fingerprint density at radius 3 is 2.83 bits per heavy atom. The Morgan fingerprint density at radius 1 is 1.28 bits per heavy atom. The van der Waals surface area contributed by atoms with Crippen LogP contribution < -0.4 is 15.0 Å². The predicted octanol–water partition coefficient (Wildman–Crippen LogP) is 3.52. The largest absolute Gasteiger partial charge is 0.482 e. The van der Waals surface area contributed by atoms with Crippen molar-refractivity contribution in [3.05, 3.63) is 64.3 Å². The van der Waals surface area contributed by atoms with Crippen LogP contribution in [0, 0.1) is 13.8 Å². The standard InChI is InChI=1S/C20H17ClN4O4/c1-11-15(12(2)29-24-11)9-25-16-8-14(3-4-17(16)28-10-19(25)26)23-20(27)13-5-6-22-18(21)7-13/h3-8H,9-10H2,1-2H3,(H,23,27). The summed E-state index contributed by atoms with van der Waals surface area (Å²) in [6, 6.07) is 8.17. The summed E-state index contributed by atoms with van der Waals surface area (Å²) in [5, 5.41) is 6.98. The van der Waals surface area contributed by atoms with Crippen LogP contribution in [-0.2, 0) is 11.3 Å². The highest BCUT2D eigenvalue weighted by Crippen LogP contribution is 2.36. The van der Waals surface area contributed by atoms with Crippen molar-refractivity contribution in [1.82, 2.24) is 10.1 Å². The molecule has 0 aliphatic carbocycles. The lowest BCUT2D eigenvalue weighted by atomic mass is 10.1. The molecule has 1 aliphatic rings. The lowest BCUT2D eigenvalue weighted by Crippen LogP contribution is -2.38. The highest BCUT2D eigenvalue weighted by molar-refractivity contribution is 6.29. The second-order valence-electron chi connectivity index (χ2n) is 6.58. The summed E-state index contributed by atoms with van der Waals surface area (Å²) in [6.45, 7) is 3.87. The second-order valence-corrected chi connectivity index (χ2v) is 6.96. The van der Waals surface area contributed by atoms with E-state index in [0.717, 1.165) is 11.3 Å². The van der Waals surface area contributed by atoms with Gasteiger partial charge in [0.25, 0.3) is 11.8 Å². The minimum atomic E-state index is -0.338. The molecule has 1 aromatic carbocycles. The second kappa shape index (κ2) is 7.56. The summed E-state index contributed by atoms with van der Waals surface area (Å²) in [6.07, 6.45) is 1.46. The number of anilines is 2. The average Bonchev–Trinajstić information content (AvgIpc) is 3.02. The van der Waals surface area contributed by atoms with E-state index in [-0.39, 0.29) is 23.6 Å². The van der Waals surface area contributed by atoms with Gasteiger partial charge in [-0.2, -0.15) is 0 Å². The van der Waals surface area contributed by atoms with E-state index in [0.29, 0.717) is 35.0 Å². The molecule has 8 nitrogen and oxygen atoms in total. The lowest BCUT2D eigenvalue weighted by molar-refractivity contribution is -0.121. The van der Waals surface area contributed by atoms with Gasteiger partial charge >= 0.3 is 0 Å². The van der Waals surface area contributed by atoms with Crippen LogP contribution in [0.25, 0.3) is 0 Å². The first-order valence-electron chi connectivity index (χ1n) is 8.84. The van der Waals surface area contributed by atoms with Crippen LogP contribution in [0.1, 0.15) is 27.4 Å². The van der Waals surface area contributed by atoms with E-state index in [9.17, 15) is 9.59 Å². The summed E-state index contributed by atoms with van der Waals surface area (Å²) in [5.74, 6) is 0.681. The number of amides is 2.